The fourth-order valence-corrected chi connectivity index (χ4v) is 2.47. The molecule has 0 saturated heterocycles. The Labute approximate surface area is 140 Å². The molecule has 4 nitrogen and oxygen atoms in total. The van der Waals surface area contributed by atoms with E-state index in [1.54, 1.807) is 24.3 Å². The Bertz CT molecular complexity index is 743. The molecule has 1 atom stereocenters. The number of benzene rings is 2. The highest BCUT2D eigenvalue weighted by molar-refractivity contribution is 6.33. The Morgan fingerprint density at radius 1 is 1.13 bits per heavy atom. The van der Waals surface area contributed by atoms with Crippen molar-refractivity contribution in [3.05, 3.63) is 69.7 Å². The Hall–Kier alpha value is -2.33. The third-order valence-electron chi connectivity index (χ3n) is 3.73. The number of halogens is 1. The molecule has 0 fully saturated rings. The average Bonchev–Trinajstić information content (AvgIpc) is 2.50. The van der Waals surface area contributed by atoms with Gasteiger partial charge in [-0.1, -0.05) is 41.9 Å². The van der Waals surface area contributed by atoms with Crippen molar-refractivity contribution in [3.63, 3.8) is 0 Å². The van der Waals surface area contributed by atoms with Crippen LogP contribution in [0, 0.1) is 13.8 Å². The topological polar surface area (TPSA) is 66.4 Å². The van der Waals surface area contributed by atoms with Crippen molar-refractivity contribution in [1.82, 2.24) is 5.32 Å². The van der Waals surface area contributed by atoms with Crippen LogP contribution in [-0.2, 0) is 11.2 Å². The standard InChI is InChI=1S/C18H18ClNO3/c1-11-7-8-13(9-12(11)2)10-16(18(22)23)20-17(21)14-5-3-4-6-15(14)19/h3-9,16H,10H2,1-2H3,(H,20,21)(H,22,23)/t16-/m0/s1. The number of rotatable bonds is 5. The van der Waals surface area contributed by atoms with Gasteiger partial charge in [-0.25, -0.2) is 4.79 Å². The first kappa shape index (κ1) is 17.0. The van der Waals surface area contributed by atoms with Gasteiger partial charge >= 0.3 is 5.97 Å². The van der Waals surface area contributed by atoms with E-state index in [2.05, 4.69) is 5.32 Å². The van der Waals surface area contributed by atoms with E-state index in [1.807, 2.05) is 32.0 Å². The predicted octanol–water partition coefficient (Wildman–Crippen LogP) is 3.38. The van der Waals surface area contributed by atoms with Crippen molar-refractivity contribution < 1.29 is 14.7 Å². The number of carbonyl (C=O) groups is 2. The summed E-state index contributed by atoms with van der Waals surface area (Å²) >= 11 is 5.97. The van der Waals surface area contributed by atoms with Crippen molar-refractivity contribution in [2.75, 3.05) is 0 Å². The fraction of sp³-hybridized carbons (Fsp3) is 0.222. The van der Waals surface area contributed by atoms with Crippen LogP contribution in [0.15, 0.2) is 42.5 Å². The molecule has 2 aromatic rings. The van der Waals surface area contributed by atoms with Crippen molar-refractivity contribution in [3.8, 4) is 0 Å². The molecule has 0 saturated carbocycles. The lowest BCUT2D eigenvalue weighted by Gasteiger charge is -2.16. The quantitative estimate of drug-likeness (QED) is 0.882. The Morgan fingerprint density at radius 3 is 2.43 bits per heavy atom. The molecule has 5 heteroatoms. The van der Waals surface area contributed by atoms with Gasteiger partial charge in [0, 0.05) is 6.42 Å². The highest BCUT2D eigenvalue weighted by Crippen LogP contribution is 2.16. The Balaban J connectivity index is 2.16. The monoisotopic (exact) mass is 331 g/mol. The van der Waals surface area contributed by atoms with E-state index >= 15 is 0 Å². The summed E-state index contributed by atoms with van der Waals surface area (Å²) in [6.07, 6.45) is 0.215. The molecule has 2 N–H and O–H groups in total. The van der Waals surface area contributed by atoms with E-state index in [0.717, 1.165) is 16.7 Å². The summed E-state index contributed by atoms with van der Waals surface area (Å²) in [5.74, 6) is -1.57. The van der Waals surface area contributed by atoms with Gasteiger partial charge in [-0.05, 0) is 42.7 Å². The van der Waals surface area contributed by atoms with Crippen LogP contribution in [0.2, 0.25) is 5.02 Å². The van der Waals surface area contributed by atoms with Gasteiger partial charge in [-0.2, -0.15) is 0 Å². The lowest BCUT2D eigenvalue weighted by Crippen LogP contribution is -2.42. The average molecular weight is 332 g/mol. The molecule has 0 bridgehead atoms. The molecule has 0 radical (unpaired) electrons. The molecular weight excluding hydrogens is 314 g/mol. The molecule has 1 amide bonds. The fourth-order valence-electron chi connectivity index (χ4n) is 2.25. The summed E-state index contributed by atoms with van der Waals surface area (Å²) in [6, 6.07) is 11.3. The maximum absolute atomic E-state index is 12.2. The van der Waals surface area contributed by atoms with E-state index in [1.165, 1.54) is 0 Å². The zero-order valence-electron chi connectivity index (χ0n) is 13.0. The summed E-state index contributed by atoms with van der Waals surface area (Å²) in [5, 5.41) is 12.2. The van der Waals surface area contributed by atoms with Crippen LogP contribution in [0.4, 0.5) is 0 Å². The van der Waals surface area contributed by atoms with Gasteiger partial charge in [0.15, 0.2) is 0 Å². The van der Waals surface area contributed by atoms with E-state index < -0.39 is 17.9 Å². The molecule has 0 spiro atoms. The summed E-state index contributed by atoms with van der Waals surface area (Å²) in [6.45, 7) is 3.96. The second-order valence-electron chi connectivity index (χ2n) is 5.47. The zero-order chi connectivity index (χ0) is 17.0. The van der Waals surface area contributed by atoms with Crippen LogP contribution >= 0.6 is 11.6 Å². The molecule has 120 valence electrons. The third-order valence-corrected chi connectivity index (χ3v) is 4.06. The largest absolute Gasteiger partial charge is 0.480 e. The van der Waals surface area contributed by atoms with Gasteiger partial charge in [-0.15, -0.1) is 0 Å². The summed E-state index contributed by atoms with van der Waals surface area (Å²) < 4.78 is 0. The maximum atomic E-state index is 12.2. The molecule has 0 aliphatic heterocycles. The second-order valence-corrected chi connectivity index (χ2v) is 5.87. The number of hydrogen-bond acceptors (Lipinski definition) is 2. The van der Waals surface area contributed by atoms with Gasteiger partial charge in [0.25, 0.3) is 5.91 Å². The van der Waals surface area contributed by atoms with E-state index in [9.17, 15) is 14.7 Å². The van der Waals surface area contributed by atoms with Gasteiger partial charge in [0.2, 0.25) is 0 Å². The number of aliphatic carboxylic acids is 1. The van der Waals surface area contributed by atoms with Crippen LogP contribution in [0.25, 0.3) is 0 Å². The van der Waals surface area contributed by atoms with Crippen LogP contribution in [0.5, 0.6) is 0 Å². The number of aryl methyl sites for hydroxylation is 2. The van der Waals surface area contributed by atoms with Crippen molar-refractivity contribution >= 4 is 23.5 Å². The molecule has 0 aliphatic carbocycles. The smallest absolute Gasteiger partial charge is 0.326 e. The molecule has 2 rings (SSSR count). The second kappa shape index (κ2) is 7.29. The van der Waals surface area contributed by atoms with Crippen LogP contribution in [0.3, 0.4) is 0 Å². The van der Waals surface area contributed by atoms with E-state index in [4.69, 9.17) is 11.6 Å². The molecule has 0 heterocycles. The van der Waals surface area contributed by atoms with Crippen LogP contribution < -0.4 is 5.32 Å². The Kier molecular flexibility index (Phi) is 5.40. The normalized spacial score (nSPS) is 11.8. The lowest BCUT2D eigenvalue weighted by molar-refractivity contribution is -0.139. The van der Waals surface area contributed by atoms with Gasteiger partial charge in [0.05, 0.1) is 10.6 Å². The molecule has 2 aromatic carbocycles. The van der Waals surface area contributed by atoms with E-state index in [-0.39, 0.29) is 12.0 Å². The zero-order valence-corrected chi connectivity index (χ0v) is 13.7. The van der Waals surface area contributed by atoms with Crippen LogP contribution in [-0.4, -0.2) is 23.0 Å². The summed E-state index contributed by atoms with van der Waals surface area (Å²) in [4.78, 5) is 23.7. The molecule has 0 aromatic heterocycles. The van der Waals surface area contributed by atoms with Gasteiger partial charge < -0.3 is 10.4 Å². The number of amides is 1. The van der Waals surface area contributed by atoms with Gasteiger partial charge in [0.1, 0.15) is 6.04 Å². The first-order valence-electron chi connectivity index (χ1n) is 7.23. The first-order valence-corrected chi connectivity index (χ1v) is 7.60. The molecular formula is C18H18ClNO3. The van der Waals surface area contributed by atoms with Crippen molar-refractivity contribution in [1.29, 1.82) is 0 Å². The third kappa shape index (κ3) is 4.33. The molecule has 0 aliphatic rings. The number of hydrogen-bond donors (Lipinski definition) is 2. The predicted molar refractivity (Wildman–Crippen MR) is 90.0 cm³/mol. The summed E-state index contributed by atoms with van der Waals surface area (Å²) in [7, 11) is 0. The SMILES string of the molecule is Cc1ccc(C[C@H](NC(=O)c2ccccc2Cl)C(=O)O)cc1C. The highest BCUT2D eigenvalue weighted by Gasteiger charge is 2.22. The Morgan fingerprint density at radius 2 is 1.83 bits per heavy atom. The number of carboxylic acid groups (broad SMARTS) is 1. The van der Waals surface area contributed by atoms with Crippen molar-refractivity contribution in [2.24, 2.45) is 0 Å². The van der Waals surface area contributed by atoms with Crippen LogP contribution in [0.1, 0.15) is 27.0 Å². The number of carboxylic acids is 1. The lowest BCUT2D eigenvalue weighted by atomic mass is 10.0. The van der Waals surface area contributed by atoms with Crippen molar-refractivity contribution in [2.45, 2.75) is 26.3 Å². The first-order chi connectivity index (χ1) is 10.9. The maximum Gasteiger partial charge on any atom is 0.326 e. The minimum absolute atomic E-state index is 0.215. The molecule has 0 unspecified atom stereocenters. The number of carbonyl (C=O) groups excluding carboxylic acids is 1. The number of nitrogens with one attached hydrogen (secondary N) is 1. The summed E-state index contributed by atoms with van der Waals surface area (Å²) in [5.41, 5.74) is 3.35. The highest BCUT2D eigenvalue weighted by atomic mass is 35.5. The molecule has 23 heavy (non-hydrogen) atoms. The van der Waals surface area contributed by atoms with E-state index in [0.29, 0.717) is 5.02 Å². The minimum Gasteiger partial charge on any atom is -0.480 e. The minimum atomic E-state index is -1.08. The van der Waals surface area contributed by atoms with Gasteiger partial charge in [-0.3, -0.25) is 4.79 Å².